The van der Waals surface area contributed by atoms with Crippen molar-refractivity contribution in [2.24, 2.45) is 0 Å². The number of esters is 1. The van der Waals surface area contributed by atoms with Gasteiger partial charge in [0.25, 0.3) is 0 Å². The summed E-state index contributed by atoms with van der Waals surface area (Å²) in [5, 5.41) is 17.9. The van der Waals surface area contributed by atoms with Crippen molar-refractivity contribution in [3.63, 3.8) is 0 Å². The molecule has 0 aliphatic rings. The number of aryl methyl sites for hydroxylation is 1. The lowest BCUT2D eigenvalue weighted by molar-refractivity contribution is -0.143. The van der Waals surface area contributed by atoms with Crippen LogP contribution >= 0.6 is 0 Å². The van der Waals surface area contributed by atoms with Crippen LogP contribution in [-0.4, -0.2) is 17.6 Å². The van der Waals surface area contributed by atoms with Crippen molar-refractivity contribution >= 4 is 5.97 Å². The summed E-state index contributed by atoms with van der Waals surface area (Å²) in [4.78, 5) is 15.5. The maximum Gasteiger partial charge on any atom is 0.328 e. The molecule has 1 atom stereocenters. The molecule has 0 aliphatic carbocycles. The summed E-state index contributed by atoms with van der Waals surface area (Å²) in [6.45, 7) is 3.63. The largest absolute Gasteiger partial charge is 0.465 e. The van der Waals surface area contributed by atoms with Gasteiger partial charge in [0.15, 0.2) is 5.92 Å². The van der Waals surface area contributed by atoms with Gasteiger partial charge in [0.05, 0.1) is 12.7 Å². The molecule has 17 heavy (non-hydrogen) atoms. The van der Waals surface area contributed by atoms with E-state index in [2.05, 4.69) is 4.98 Å². The van der Waals surface area contributed by atoms with Crippen LogP contribution in [0, 0.1) is 29.6 Å². The van der Waals surface area contributed by atoms with Gasteiger partial charge in [-0.1, -0.05) is 0 Å². The van der Waals surface area contributed by atoms with Crippen molar-refractivity contribution in [2.45, 2.75) is 19.8 Å². The second kappa shape index (κ2) is 5.62. The lowest BCUT2D eigenvalue weighted by atomic mass is 9.98. The third-order valence-electron chi connectivity index (χ3n) is 2.12. The Morgan fingerprint density at radius 3 is 2.82 bits per heavy atom. The number of hydrogen-bond donors (Lipinski definition) is 0. The number of rotatable bonds is 3. The average molecular weight is 229 g/mol. The number of carbonyl (C=O) groups is 1. The normalized spacial score (nSPS) is 11.1. The highest BCUT2D eigenvalue weighted by atomic mass is 16.5. The van der Waals surface area contributed by atoms with Crippen LogP contribution < -0.4 is 0 Å². The summed E-state index contributed by atoms with van der Waals surface area (Å²) in [6, 6.07) is 5.31. The van der Waals surface area contributed by atoms with Crippen molar-refractivity contribution in [1.29, 1.82) is 10.5 Å². The van der Waals surface area contributed by atoms with Gasteiger partial charge >= 0.3 is 5.97 Å². The molecule has 1 unspecified atom stereocenters. The van der Waals surface area contributed by atoms with Crippen molar-refractivity contribution in [2.75, 3.05) is 6.61 Å². The highest BCUT2D eigenvalue weighted by Crippen LogP contribution is 2.20. The molecule has 5 heteroatoms. The maximum absolute atomic E-state index is 11.6. The van der Waals surface area contributed by atoms with Crippen LogP contribution in [0.15, 0.2) is 12.3 Å². The predicted octanol–water partition coefficient (Wildman–Crippen LogP) is 1.43. The number of hydrogen-bond acceptors (Lipinski definition) is 5. The molecule has 0 spiro atoms. The Balaban J connectivity index is 3.21. The van der Waals surface area contributed by atoms with Gasteiger partial charge in [0.2, 0.25) is 0 Å². The topological polar surface area (TPSA) is 86.8 Å². The van der Waals surface area contributed by atoms with Gasteiger partial charge in [-0.3, -0.25) is 4.79 Å². The summed E-state index contributed by atoms with van der Waals surface area (Å²) in [5.41, 5.74) is 1.16. The summed E-state index contributed by atoms with van der Waals surface area (Å²) in [6.07, 6.45) is 1.52. The second-order valence-electron chi connectivity index (χ2n) is 3.38. The van der Waals surface area contributed by atoms with Crippen molar-refractivity contribution in [3.05, 3.63) is 29.1 Å². The highest BCUT2D eigenvalue weighted by Gasteiger charge is 2.25. The molecule has 1 rings (SSSR count). The zero-order chi connectivity index (χ0) is 12.8. The first-order valence-corrected chi connectivity index (χ1v) is 5.07. The molecular formula is C12H11N3O2. The van der Waals surface area contributed by atoms with Crippen molar-refractivity contribution in [1.82, 2.24) is 4.98 Å². The molecule has 1 aromatic rings. The van der Waals surface area contributed by atoms with Gasteiger partial charge < -0.3 is 4.74 Å². The highest BCUT2D eigenvalue weighted by molar-refractivity contribution is 5.82. The number of aromatic nitrogens is 1. The maximum atomic E-state index is 11.6. The Hall–Kier alpha value is -2.40. The summed E-state index contributed by atoms with van der Waals surface area (Å²) in [7, 11) is 0. The van der Waals surface area contributed by atoms with E-state index in [-0.39, 0.29) is 12.3 Å². The monoisotopic (exact) mass is 229 g/mol. The Morgan fingerprint density at radius 1 is 1.59 bits per heavy atom. The molecule has 5 nitrogen and oxygen atoms in total. The minimum atomic E-state index is -1.10. The molecule has 0 radical (unpaired) electrons. The fourth-order valence-corrected chi connectivity index (χ4v) is 1.38. The number of carbonyl (C=O) groups excluding carboxylic acids is 1. The SMILES string of the molecule is CCOC(=O)C(C#N)c1cc(C)cnc1C#N. The summed E-state index contributed by atoms with van der Waals surface area (Å²) >= 11 is 0. The molecular weight excluding hydrogens is 218 g/mol. The minimum Gasteiger partial charge on any atom is -0.465 e. The number of ether oxygens (including phenoxy) is 1. The third-order valence-corrected chi connectivity index (χ3v) is 2.12. The Morgan fingerprint density at radius 2 is 2.29 bits per heavy atom. The van der Waals surface area contributed by atoms with Crippen LogP contribution in [0.2, 0.25) is 0 Å². The van der Waals surface area contributed by atoms with E-state index >= 15 is 0 Å². The van der Waals surface area contributed by atoms with Crippen molar-refractivity contribution < 1.29 is 9.53 Å². The van der Waals surface area contributed by atoms with E-state index in [0.717, 1.165) is 5.56 Å². The van der Waals surface area contributed by atoms with Crippen LogP contribution in [0.4, 0.5) is 0 Å². The molecule has 0 N–H and O–H groups in total. The smallest absolute Gasteiger partial charge is 0.328 e. The quantitative estimate of drug-likeness (QED) is 0.732. The van der Waals surface area contributed by atoms with E-state index in [1.165, 1.54) is 6.20 Å². The minimum absolute atomic E-state index is 0.0789. The van der Waals surface area contributed by atoms with Gasteiger partial charge in [-0.05, 0) is 25.5 Å². The zero-order valence-electron chi connectivity index (χ0n) is 9.60. The standard InChI is InChI=1S/C12H11N3O2/c1-3-17-12(16)10(5-13)9-4-8(2)7-15-11(9)6-14/h4,7,10H,3H2,1-2H3. The number of pyridine rings is 1. The van der Waals surface area contributed by atoms with E-state index in [9.17, 15) is 4.79 Å². The van der Waals surface area contributed by atoms with Gasteiger partial charge in [0.1, 0.15) is 11.8 Å². The van der Waals surface area contributed by atoms with Gasteiger partial charge in [-0.25, -0.2) is 4.98 Å². The van der Waals surface area contributed by atoms with Crippen molar-refractivity contribution in [3.8, 4) is 12.1 Å². The van der Waals surface area contributed by atoms with E-state index in [1.807, 2.05) is 12.1 Å². The number of nitrogens with zero attached hydrogens (tertiary/aromatic N) is 3. The summed E-state index contributed by atoms with van der Waals surface area (Å²) < 4.78 is 4.79. The van der Waals surface area contributed by atoms with Crippen LogP contribution in [0.1, 0.15) is 29.7 Å². The Labute approximate surface area is 99.3 Å². The molecule has 0 aromatic carbocycles. The average Bonchev–Trinajstić information content (AvgIpc) is 2.31. The van der Waals surface area contributed by atoms with Crippen LogP contribution in [0.25, 0.3) is 0 Å². The lowest BCUT2D eigenvalue weighted by Gasteiger charge is -2.10. The van der Waals surface area contributed by atoms with E-state index in [1.54, 1.807) is 19.9 Å². The van der Waals surface area contributed by atoms with Gasteiger partial charge in [-0.15, -0.1) is 0 Å². The fourth-order valence-electron chi connectivity index (χ4n) is 1.38. The molecule has 1 heterocycles. The van der Waals surface area contributed by atoms with E-state index < -0.39 is 11.9 Å². The molecule has 0 saturated carbocycles. The lowest BCUT2D eigenvalue weighted by Crippen LogP contribution is -2.16. The first kappa shape index (κ1) is 12.7. The van der Waals surface area contributed by atoms with Crippen LogP contribution in [0.3, 0.4) is 0 Å². The van der Waals surface area contributed by atoms with Gasteiger partial charge in [-0.2, -0.15) is 10.5 Å². The van der Waals surface area contributed by atoms with Gasteiger partial charge in [0, 0.05) is 11.8 Å². The fraction of sp³-hybridized carbons (Fsp3) is 0.333. The molecule has 86 valence electrons. The van der Waals surface area contributed by atoms with E-state index in [4.69, 9.17) is 15.3 Å². The first-order valence-electron chi connectivity index (χ1n) is 5.07. The molecule has 0 fully saturated rings. The Kier molecular flexibility index (Phi) is 4.19. The Bertz CT molecular complexity index is 511. The third kappa shape index (κ3) is 2.79. The van der Waals surface area contributed by atoms with E-state index in [0.29, 0.717) is 5.56 Å². The molecule has 0 bridgehead atoms. The van der Waals surface area contributed by atoms with Crippen LogP contribution in [0.5, 0.6) is 0 Å². The first-order chi connectivity index (χ1) is 8.13. The predicted molar refractivity (Wildman–Crippen MR) is 58.7 cm³/mol. The van der Waals surface area contributed by atoms with Crippen LogP contribution in [-0.2, 0) is 9.53 Å². The molecule has 0 aliphatic heterocycles. The molecule has 1 aromatic heterocycles. The number of nitriles is 2. The summed E-state index contributed by atoms with van der Waals surface area (Å²) in [5.74, 6) is -1.75. The molecule has 0 saturated heterocycles. The molecule has 0 amide bonds. The second-order valence-corrected chi connectivity index (χ2v) is 3.38. The zero-order valence-corrected chi connectivity index (χ0v) is 9.60.